The molecule has 0 amide bonds. The Kier molecular flexibility index (Phi) is 4.48. The number of halogens is 1. The van der Waals surface area contributed by atoms with E-state index >= 15 is 0 Å². The molecule has 0 saturated carbocycles. The maximum atomic E-state index is 13.9. The molecule has 0 fully saturated rings. The summed E-state index contributed by atoms with van der Waals surface area (Å²) in [6, 6.07) is 11.1. The molecule has 0 saturated heterocycles. The normalized spacial score (nSPS) is 10.5. The van der Waals surface area contributed by atoms with E-state index in [0.29, 0.717) is 23.3 Å². The second-order valence-electron chi connectivity index (χ2n) is 4.25. The molecule has 0 spiro atoms. The standard InChI is InChI=1S/C16H15FO3/c1-2-20-10-14-11(7-5-8-13(14)16(18)19)12-6-3-4-9-15(12)17/h3-9H,2,10H2,1H3,(H,18,19). The predicted molar refractivity (Wildman–Crippen MR) is 74.1 cm³/mol. The summed E-state index contributed by atoms with van der Waals surface area (Å²) in [6.07, 6.45) is 0. The smallest absolute Gasteiger partial charge is 0.336 e. The Balaban J connectivity index is 2.60. The molecule has 0 aliphatic carbocycles. The lowest BCUT2D eigenvalue weighted by Crippen LogP contribution is -2.06. The minimum Gasteiger partial charge on any atom is -0.478 e. The van der Waals surface area contributed by atoms with E-state index in [0.717, 1.165) is 0 Å². The summed E-state index contributed by atoms with van der Waals surface area (Å²) < 4.78 is 19.2. The topological polar surface area (TPSA) is 46.5 Å². The van der Waals surface area contributed by atoms with Crippen LogP contribution in [0.25, 0.3) is 11.1 Å². The number of hydrogen-bond acceptors (Lipinski definition) is 2. The molecule has 0 aliphatic rings. The number of carbonyl (C=O) groups is 1. The molecule has 0 aliphatic heterocycles. The molecule has 3 nitrogen and oxygen atoms in total. The first-order chi connectivity index (χ1) is 9.65. The van der Waals surface area contributed by atoms with Gasteiger partial charge in [0.25, 0.3) is 0 Å². The van der Waals surface area contributed by atoms with E-state index in [1.165, 1.54) is 12.1 Å². The van der Waals surface area contributed by atoms with Gasteiger partial charge in [0.2, 0.25) is 0 Å². The van der Waals surface area contributed by atoms with Gasteiger partial charge >= 0.3 is 5.97 Å². The number of rotatable bonds is 5. The highest BCUT2D eigenvalue weighted by Crippen LogP contribution is 2.29. The molecular formula is C16H15FO3. The number of aromatic carboxylic acids is 1. The van der Waals surface area contributed by atoms with Crippen LogP contribution in [0.3, 0.4) is 0 Å². The zero-order valence-electron chi connectivity index (χ0n) is 11.1. The molecule has 2 aromatic carbocycles. The first kappa shape index (κ1) is 14.2. The fourth-order valence-corrected chi connectivity index (χ4v) is 2.08. The van der Waals surface area contributed by atoms with Crippen molar-refractivity contribution in [3.8, 4) is 11.1 Å². The Morgan fingerprint density at radius 3 is 2.50 bits per heavy atom. The number of carboxylic acids is 1. The van der Waals surface area contributed by atoms with Crippen LogP contribution in [0.1, 0.15) is 22.8 Å². The van der Waals surface area contributed by atoms with Gasteiger partial charge in [-0.25, -0.2) is 9.18 Å². The minimum absolute atomic E-state index is 0.138. The molecule has 104 valence electrons. The van der Waals surface area contributed by atoms with Crippen LogP contribution < -0.4 is 0 Å². The van der Waals surface area contributed by atoms with Gasteiger partial charge in [-0.1, -0.05) is 30.3 Å². The van der Waals surface area contributed by atoms with Crippen molar-refractivity contribution in [1.29, 1.82) is 0 Å². The summed E-state index contributed by atoms with van der Waals surface area (Å²) >= 11 is 0. The number of benzene rings is 2. The molecule has 0 aromatic heterocycles. The maximum Gasteiger partial charge on any atom is 0.336 e. The number of ether oxygens (including phenoxy) is 1. The predicted octanol–water partition coefficient (Wildman–Crippen LogP) is 3.73. The lowest BCUT2D eigenvalue weighted by molar-refractivity contribution is 0.0689. The van der Waals surface area contributed by atoms with Gasteiger partial charge in [-0.15, -0.1) is 0 Å². The van der Waals surface area contributed by atoms with Crippen LogP contribution in [-0.4, -0.2) is 17.7 Å². The van der Waals surface area contributed by atoms with Crippen molar-refractivity contribution >= 4 is 5.97 Å². The molecule has 2 aromatic rings. The summed E-state index contributed by atoms with van der Waals surface area (Å²) in [4.78, 5) is 11.3. The third-order valence-corrected chi connectivity index (χ3v) is 3.02. The Hall–Kier alpha value is -2.20. The highest BCUT2D eigenvalue weighted by atomic mass is 19.1. The van der Waals surface area contributed by atoms with Crippen molar-refractivity contribution in [2.75, 3.05) is 6.61 Å². The van der Waals surface area contributed by atoms with Crippen LogP contribution >= 0.6 is 0 Å². The molecule has 0 atom stereocenters. The van der Waals surface area contributed by atoms with E-state index in [1.54, 1.807) is 30.3 Å². The lowest BCUT2D eigenvalue weighted by atomic mass is 9.95. The van der Waals surface area contributed by atoms with E-state index in [9.17, 15) is 14.3 Å². The SMILES string of the molecule is CCOCc1c(C(=O)O)cccc1-c1ccccc1F. The minimum atomic E-state index is -1.04. The molecule has 20 heavy (non-hydrogen) atoms. The summed E-state index contributed by atoms with van der Waals surface area (Å²) in [5.41, 5.74) is 1.56. The molecule has 0 bridgehead atoms. The molecule has 2 rings (SSSR count). The fraction of sp³-hybridized carbons (Fsp3) is 0.188. The average Bonchev–Trinajstić information content (AvgIpc) is 2.45. The van der Waals surface area contributed by atoms with E-state index in [-0.39, 0.29) is 18.0 Å². The van der Waals surface area contributed by atoms with Gasteiger partial charge in [0.15, 0.2) is 0 Å². The zero-order chi connectivity index (χ0) is 14.5. The van der Waals surface area contributed by atoms with Crippen molar-refractivity contribution in [2.24, 2.45) is 0 Å². The maximum absolute atomic E-state index is 13.9. The van der Waals surface area contributed by atoms with E-state index in [2.05, 4.69) is 0 Å². The largest absolute Gasteiger partial charge is 0.478 e. The van der Waals surface area contributed by atoms with Gasteiger partial charge in [0, 0.05) is 17.7 Å². The van der Waals surface area contributed by atoms with Crippen molar-refractivity contribution in [3.63, 3.8) is 0 Å². The Bertz CT molecular complexity index is 623. The van der Waals surface area contributed by atoms with Gasteiger partial charge in [0.05, 0.1) is 12.2 Å². The first-order valence-electron chi connectivity index (χ1n) is 6.33. The monoisotopic (exact) mass is 274 g/mol. The highest BCUT2D eigenvalue weighted by Gasteiger charge is 2.16. The third kappa shape index (κ3) is 2.86. The Morgan fingerprint density at radius 2 is 1.85 bits per heavy atom. The highest BCUT2D eigenvalue weighted by molar-refractivity contribution is 5.92. The van der Waals surface area contributed by atoms with Gasteiger partial charge in [-0.05, 0) is 24.6 Å². The van der Waals surface area contributed by atoms with Crippen LogP contribution in [0.4, 0.5) is 4.39 Å². The Morgan fingerprint density at radius 1 is 1.15 bits per heavy atom. The second kappa shape index (κ2) is 6.30. The number of hydrogen-bond donors (Lipinski definition) is 1. The van der Waals surface area contributed by atoms with Crippen molar-refractivity contribution in [2.45, 2.75) is 13.5 Å². The fourth-order valence-electron chi connectivity index (χ4n) is 2.08. The van der Waals surface area contributed by atoms with Crippen LogP contribution in [0, 0.1) is 5.82 Å². The van der Waals surface area contributed by atoms with Crippen molar-refractivity contribution in [1.82, 2.24) is 0 Å². The van der Waals surface area contributed by atoms with Gasteiger partial charge in [0.1, 0.15) is 5.82 Å². The molecule has 1 N–H and O–H groups in total. The zero-order valence-corrected chi connectivity index (χ0v) is 11.1. The summed E-state index contributed by atoms with van der Waals surface area (Å²) in [5, 5.41) is 9.26. The summed E-state index contributed by atoms with van der Waals surface area (Å²) in [7, 11) is 0. The van der Waals surface area contributed by atoms with Crippen molar-refractivity contribution in [3.05, 3.63) is 59.4 Å². The first-order valence-corrected chi connectivity index (χ1v) is 6.33. The summed E-state index contributed by atoms with van der Waals surface area (Å²) in [5.74, 6) is -1.43. The van der Waals surface area contributed by atoms with E-state index in [4.69, 9.17) is 4.74 Å². The lowest BCUT2D eigenvalue weighted by Gasteiger charge is -2.13. The van der Waals surface area contributed by atoms with Crippen LogP contribution in [0.15, 0.2) is 42.5 Å². The molecule has 0 radical (unpaired) electrons. The summed E-state index contributed by atoms with van der Waals surface area (Å²) in [6.45, 7) is 2.43. The van der Waals surface area contributed by atoms with Crippen molar-refractivity contribution < 1.29 is 19.0 Å². The van der Waals surface area contributed by atoms with Gasteiger partial charge in [-0.3, -0.25) is 0 Å². The molecule has 0 heterocycles. The molecule has 0 unspecified atom stereocenters. The van der Waals surface area contributed by atoms with Crippen LogP contribution in [-0.2, 0) is 11.3 Å². The second-order valence-corrected chi connectivity index (χ2v) is 4.25. The average molecular weight is 274 g/mol. The molecular weight excluding hydrogens is 259 g/mol. The van der Waals surface area contributed by atoms with Crippen LogP contribution in [0.2, 0.25) is 0 Å². The quantitative estimate of drug-likeness (QED) is 0.903. The Labute approximate surface area is 116 Å². The molecule has 4 heteroatoms. The van der Waals surface area contributed by atoms with E-state index < -0.39 is 5.97 Å². The third-order valence-electron chi connectivity index (χ3n) is 3.02. The van der Waals surface area contributed by atoms with Gasteiger partial charge in [-0.2, -0.15) is 0 Å². The van der Waals surface area contributed by atoms with Crippen LogP contribution in [0.5, 0.6) is 0 Å². The number of carboxylic acid groups (broad SMARTS) is 1. The van der Waals surface area contributed by atoms with Gasteiger partial charge < -0.3 is 9.84 Å². The van der Waals surface area contributed by atoms with E-state index in [1.807, 2.05) is 6.92 Å².